The predicted molar refractivity (Wildman–Crippen MR) is 128 cm³/mol. The van der Waals surface area contributed by atoms with Crippen LogP contribution in [0.15, 0.2) is 48.5 Å². The fourth-order valence-electron chi connectivity index (χ4n) is 2.88. The Hall–Kier alpha value is -2.52. The molecule has 0 aliphatic heterocycles. The largest absolute Gasteiger partial charge is 0.340 e. The van der Waals surface area contributed by atoms with Gasteiger partial charge in [0.15, 0.2) is 0 Å². The second-order valence-electron chi connectivity index (χ2n) is 7.16. The van der Waals surface area contributed by atoms with Gasteiger partial charge in [0.05, 0.1) is 5.75 Å². The van der Waals surface area contributed by atoms with Crippen molar-refractivity contribution in [2.24, 2.45) is 0 Å². The molecule has 31 heavy (non-hydrogen) atoms. The van der Waals surface area contributed by atoms with Crippen molar-refractivity contribution < 1.29 is 18.0 Å². The molecule has 0 aliphatic rings. The monoisotopic (exact) mass is 463 g/mol. The number of rotatable bonds is 11. The Labute approximate surface area is 188 Å². The molecule has 2 aromatic carbocycles. The molecule has 7 nitrogen and oxygen atoms in total. The summed E-state index contributed by atoms with van der Waals surface area (Å²) in [4.78, 5) is 25.4. The summed E-state index contributed by atoms with van der Waals surface area (Å²) in [6, 6.07) is 12.9. The molecule has 9 heteroatoms. The van der Waals surface area contributed by atoms with Crippen LogP contribution in [0.2, 0.25) is 0 Å². The smallest absolute Gasteiger partial charge is 0.251 e. The van der Waals surface area contributed by atoms with Crippen LogP contribution in [0.1, 0.15) is 35.7 Å². The molecule has 1 atom stereocenters. The second kappa shape index (κ2) is 11.8. The highest BCUT2D eigenvalue weighted by atomic mass is 32.2. The molecule has 2 aromatic rings. The standard InChI is InChI=1S/C22H29N3O4S2/c1-4-14-31(28,29)25-19-10-8-18(9-11-19)23-22(27)20(12-13-30-3)24-21(26)17-7-5-6-16(2)15-17/h5-11,15,20,25H,4,12-14H2,1-3H3,(H,23,27)(H,24,26). The first-order valence-corrected chi connectivity index (χ1v) is 13.1. The number of sulfonamides is 1. The maximum Gasteiger partial charge on any atom is 0.251 e. The molecule has 0 spiro atoms. The van der Waals surface area contributed by atoms with Gasteiger partial charge in [0, 0.05) is 16.9 Å². The molecule has 2 amide bonds. The number of nitrogens with one attached hydrogen (secondary N) is 3. The van der Waals surface area contributed by atoms with Crippen molar-refractivity contribution in [3.63, 3.8) is 0 Å². The van der Waals surface area contributed by atoms with Crippen LogP contribution < -0.4 is 15.4 Å². The highest BCUT2D eigenvalue weighted by Crippen LogP contribution is 2.16. The average molecular weight is 464 g/mol. The molecule has 0 bridgehead atoms. The van der Waals surface area contributed by atoms with E-state index in [-0.39, 0.29) is 17.6 Å². The van der Waals surface area contributed by atoms with Crippen molar-refractivity contribution in [3.05, 3.63) is 59.7 Å². The van der Waals surface area contributed by atoms with Crippen molar-refractivity contribution in [1.29, 1.82) is 0 Å². The quantitative estimate of drug-likeness (QED) is 0.472. The first-order valence-electron chi connectivity index (χ1n) is 10.0. The summed E-state index contributed by atoms with van der Waals surface area (Å²) >= 11 is 1.59. The SMILES string of the molecule is CCCS(=O)(=O)Nc1ccc(NC(=O)C(CCSC)NC(=O)c2cccc(C)c2)cc1. The minimum absolute atomic E-state index is 0.0449. The third kappa shape index (κ3) is 8.26. The first-order chi connectivity index (χ1) is 14.7. The summed E-state index contributed by atoms with van der Waals surface area (Å²) in [5.74, 6) is 0.133. The summed E-state index contributed by atoms with van der Waals surface area (Å²) in [6.45, 7) is 3.70. The second-order valence-corrected chi connectivity index (χ2v) is 9.99. The highest BCUT2D eigenvalue weighted by molar-refractivity contribution is 7.98. The molecule has 0 aromatic heterocycles. The molecule has 0 radical (unpaired) electrons. The Balaban J connectivity index is 2.05. The van der Waals surface area contributed by atoms with Gasteiger partial charge in [-0.15, -0.1) is 0 Å². The lowest BCUT2D eigenvalue weighted by atomic mass is 10.1. The summed E-state index contributed by atoms with van der Waals surface area (Å²) in [6.07, 6.45) is 2.95. The van der Waals surface area contributed by atoms with Crippen molar-refractivity contribution in [3.8, 4) is 0 Å². The Morgan fingerprint density at radius 2 is 1.74 bits per heavy atom. The summed E-state index contributed by atoms with van der Waals surface area (Å²) in [5.41, 5.74) is 2.42. The molecule has 0 aliphatic carbocycles. The number of hydrogen-bond acceptors (Lipinski definition) is 5. The van der Waals surface area contributed by atoms with Gasteiger partial charge in [-0.05, 0) is 68.2 Å². The first kappa shape index (κ1) is 24.7. The number of amides is 2. The van der Waals surface area contributed by atoms with Crippen LogP contribution in [-0.2, 0) is 14.8 Å². The van der Waals surface area contributed by atoms with E-state index in [1.165, 1.54) is 0 Å². The van der Waals surface area contributed by atoms with E-state index in [2.05, 4.69) is 15.4 Å². The number of carbonyl (C=O) groups excluding carboxylic acids is 2. The lowest BCUT2D eigenvalue weighted by Gasteiger charge is -2.18. The topological polar surface area (TPSA) is 104 Å². The number of carbonyl (C=O) groups is 2. The molecule has 0 saturated heterocycles. The van der Waals surface area contributed by atoms with Gasteiger partial charge in [0.2, 0.25) is 15.9 Å². The lowest BCUT2D eigenvalue weighted by molar-refractivity contribution is -0.118. The third-order valence-corrected chi connectivity index (χ3v) is 6.55. The lowest BCUT2D eigenvalue weighted by Crippen LogP contribution is -2.44. The molecule has 3 N–H and O–H groups in total. The number of benzene rings is 2. The molecule has 1 unspecified atom stereocenters. The van der Waals surface area contributed by atoms with Gasteiger partial charge in [-0.2, -0.15) is 11.8 Å². The zero-order chi connectivity index (χ0) is 22.9. The predicted octanol–water partition coefficient (Wildman–Crippen LogP) is 3.64. The summed E-state index contributed by atoms with van der Waals surface area (Å²) in [7, 11) is -3.37. The van der Waals surface area contributed by atoms with Gasteiger partial charge in [0.25, 0.3) is 5.91 Å². The number of hydrogen-bond donors (Lipinski definition) is 3. The van der Waals surface area contributed by atoms with E-state index in [1.54, 1.807) is 61.2 Å². The zero-order valence-electron chi connectivity index (χ0n) is 18.0. The average Bonchev–Trinajstić information content (AvgIpc) is 2.72. The summed E-state index contributed by atoms with van der Waals surface area (Å²) in [5, 5.41) is 5.61. The van der Waals surface area contributed by atoms with Gasteiger partial charge in [0.1, 0.15) is 6.04 Å². The third-order valence-electron chi connectivity index (χ3n) is 4.41. The Kier molecular flexibility index (Phi) is 9.39. The van der Waals surface area contributed by atoms with Crippen LogP contribution in [-0.4, -0.2) is 44.0 Å². The van der Waals surface area contributed by atoms with Crippen LogP contribution in [0.4, 0.5) is 11.4 Å². The van der Waals surface area contributed by atoms with Crippen LogP contribution in [0, 0.1) is 6.92 Å². The van der Waals surface area contributed by atoms with Crippen molar-refractivity contribution >= 4 is 45.0 Å². The van der Waals surface area contributed by atoms with Crippen LogP contribution in [0.5, 0.6) is 0 Å². The molecule has 0 fully saturated rings. The van der Waals surface area contributed by atoms with E-state index in [0.29, 0.717) is 35.5 Å². The molecule has 0 heterocycles. The molecule has 2 rings (SSSR count). The van der Waals surface area contributed by atoms with Crippen molar-refractivity contribution in [2.75, 3.05) is 27.8 Å². The maximum atomic E-state index is 12.8. The molecular formula is C22H29N3O4S2. The summed E-state index contributed by atoms with van der Waals surface area (Å²) < 4.78 is 26.2. The zero-order valence-corrected chi connectivity index (χ0v) is 19.6. The van der Waals surface area contributed by atoms with E-state index in [4.69, 9.17) is 0 Å². The van der Waals surface area contributed by atoms with Crippen LogP contribution in [0.25, 0.3) is 0 Å². The van der Waals surface area contributed by atoms with E-state index in [9.17, 15) is 18.0 Å². The van der Waals surface area contributed by atoms with Gasteiger partial charge in [-0.25, -0.2) is 8.42 Å². The molecular weight excluding hydrogens is 434 g/mol. The minimum atomic E-state index is -3.37. The Morgan fingerprint density at radius 3 is 2.35 bits per heavy atom. The van der Waals surface area contributed by atoms with E-state index in [0.717, 1.165) is 5.56 Å². The van der Waals surface area contributed by atoms with Gasteiger partial charge >= 0.3 is 0 Å². The Morgan fingerprint density at radius 1 is 1.06 bits per heavy atom. The van der Waals surface area contributed by atoms with E-state index in [1.807, 2.05) is 19.2 Å². The molecule has 168 valence electrons. The van der Waals surface area contributed by atoms with Gasteiger partial charge in [-0.1, -0.05) is 24.6 Å². The fourth-order valence-corrected chi connectivity index (χ4v) is 4.49. The van der Waals surface area contributed by atoms with E-state index < -0.39 is 16.1 Å². The number of aryl methyl sites for hydroxylation is 1. The maximum absolute atomic E-state index is 12.8. The van der Waals surface area contributed by atoms with Crippen molar-refractivity contribution in [1.82, 2.24) is 5.32 Å². The van der Waals surface area contributed by atoms with Crippen LogP contribution in [0.3, 0.4) is 0 Å². The molecule has 0 saturated carbocycles. The fraction of sp³-hybridized carbons (Fsp3) is 0.364. The van der Waals surface area contributed by atoms with E-state index >= 15 is 0 Å². The number of thioether (sulfide) groups is 1. The van der Waals surface area contributed by atoms with Gasteiger partial charge in [-0.3, -0.25) is 14.3 Å². The van der Waals surface area contributed by atoms with Gasteiger partial charge < -0.3 is 10.6 Å². The highest BCUT2D eigenvalue weighted by Gasteiger charge is 2.21. The minimum Gasteiger partial charge on any atom is -0.340 e. The normalized spacial score (nSPS) is 12.1. The Bertz CT molecular complexity index is 992. The van der Waals surface area contributed by atoms with Crippen molar-refractivity contribution in [2.45, 2.75) is 32.7 Å². The number of anilines is 2. The van der Waals surface area contributed by atoms with Crippen LogP contribution >= 0.6 is 11.8 Å².